The number of carbonyl (C=O) groups excluding carboxylic acids is 1. The molecule has 2 N–H and O–H groups in total. The molecule has 1 saturated carbocycles. The molecular weight excluding hydrogens is 264 g/mol. The minimum absolute atomic E-state index is 0.0517. The number of hydrogen-bond donors (Lipinski definition) is 1. The van der Waals surface area contributed by atoms with Crippen molar-refractivity contribution < 1.29 is 9.53 Å². The van der Waals surface area contributed by atoms with E-state index in [0.717, 1.165) is 25.4 Å². The quantitative estimate of drug-likeness (QED) is 0.497. The highest BCUT2D eigenvalue weighted by Crippen LogP contribution is 2.22. The Morgan fingerprint density at radius 3 is 2.43 bits per heavy atom. The van der Waals surface area contributed by atoms with Crippen LogP contribution in [0.1, 0.15) is 71.6 Å². The number of hydrogen-bond acceptors (Lipinski definition) is 4. The minimum Gasteiger partial charge on any atom is -0.466 e. The molecule has 0 unspecified atom stereocenters. The van der Waals surface area contributed by atoms with Crippen LogP contribution < -0.4 is 5.73 Å². The minimum atomic E-state index is -0.0517. The van der Waals surface area contributed by atoms with Crippen molar-refractivity contribution in [2.24, 2.45) is 5.73 Å². The van der Waals surface area contributed by atoms with Crippen LogP contribution in [0.25, 0.3) is 0 Å². The number of rotatable bonds is 10. The highest BCUT2D eigenvalue weighted by molar-refractivity contribution is 5.69. The first kappa shape index (κ1) is 18.4. The average Bonchev–Trinajstić information content (AvgIpc) is 2.47. The fourth-order valence-corrected chi connectivity index (χ4v) is 3.23. The molecule has 4 heteroatoms. The third-order valence-corrected chi connectivity index (χ3v) is 4.40. The van der Waals surface area contributed by atoms with Gasteiger partial charge < -0.3 is 15.4 Å². The first-order valence-corrected chi connectivity index (χ1v) is 8.82. The Morgan fingerprint density at radius 1 is 1.10 bits per heavy atom. The summed E-state index contributed by atoms with van der Waals surface area (Å²) in [6, 6.07) is 1.16. The summed E-state index contributed by atoms with van der Waals surface area (Å²) in [5.41, 5.74) is 6.00. The molecule has 21 heavy (non-hydrogen) atoms. The van der Waals surface area contributed by atoms with E-state index in [9.17, 15) is 4.79 Å². The van der Waals surface area contributed by atoms with Crippen LogP contribution in [0.4, 0.5) is 0 Å². The second-order valence-electron chi connectivity index (χ2n) is 6.22. The first-order chi connectivity index (χ1) is 10.2. The number of carbonyl (C=O) groups is 1. The van der Waals surface area contributed by atoms with E-state index in [1.54, 1.807) is 0 Å². The monoisotopic (exact) mass is 298 g/mol. The molecule has 124 valence electrons. The van der Waals surface area contributed by atoms with Gasteiger partial charge in [0.15, 0.2) is 0 Å². The summed E-state index contributed by atoms with van der Waals surface area (Å²) in [7, 11) is 0. The van der Waals surface area contributed by atoms with Gasteiger partial charge in [0.25, 0.3) is 0 Å². The lowest BCUT2D eigenvalue weighted by atomic mass is 9.90. The van der Waals surface area contributed by atoms with Crippen molar-refractivity contribution >= 4 is 5.97 Å². The first-order valence-electron chi connectivity index (χ1n) is 8.82. The maximum absolute atomic E-state index is 11.3. The predicted octanol–water partition coefficient (Wildman–Crippen LogP) is 3.09. The molecule has 1 rings (SSSR count). The van der Waals surface area contributed by atoms with Crippen molar-refractivity contribution in [3.05, 3.63) is 0 Å². The summed E-state index contributed by atoms with van der Waals surface area (Å²) in [6.45, 7) is 6.96. The van der Waals surface area contributed by atoms with Crippen LogP contribution in [0.5, 0.6) is 0 Å². The summed E-state index contributed by atoms with van der Waals surface area (Å²) in [6.07, 6.45) is 9.89. The largest absolute Gasteiger partial charge is 0.466 e. The van der Waals surface area contributed by atoms with Gasteiger partial charge in [-0.25, -0.2) is 0 Å². The zero-order valence-electron chi connectivity index (χ0n) is 14.0. The zero-order chi connectivity index (χ0) is 15.5. The van der Waals surface area contributed by atoms with Crippen molar-refractivity contribution in [3.63, 3.8) is 0 Å². The van der Waals surface area contributed by atoms with Gasteiger partial charge in [-0.15, -0.1) is 0 Å². The Kier molecular flexibility index (Phi) is 9.68. The lowest BCUT2D eigenvalue weighted by Gasteiger charge is -2.36. The van der Waals surface area contributed by atoms with E-state index in [1.165, 1.54) is 45.1 Å². The van der Waals surface area contributed by atoms with Gasteiger partial charge in [-0.05, 0) is 65.0 Å². The SMILES string of the molecule is CCCN(CCCCCC(=O)OCC)C1CCC(N)CC1. The Balaban J connectivity index is 2.17. The fraction of sp³-hybridized carbons (Fsp3) is 0.941. The zero-order valence-corrected chi connectivity index (χ0v) is 14.0. The lowest BCUT2D eigenvalue weighted by molar-refractivity contribution is -0.143. The van der Waals surface area contributed by atoms with Crippen LogP contribution in [-0.2, 0) is 9.53 Å². The fourth-order valence-electron chi connectivity index (χ4n) is 3.23. The molecule has 0 spiro atoms. The van der Waals surface area contributed by atoms with E-state index < -0.39 is 0 Å². The molecule has 1 fully saturated rings. The van der Waals surface area contributed by atoms with Crippen LogP contribution in [0.3, 0.4) is 0 Å². The van der Waals surface area contributed by atoms with Gasteiger partial charge >= 0.3 is 5.97 Å². The van der Waals surface area contributed by atoms with Crippen LogP contribution >= 0.6 is 0 Å². The molecule has 0 bridgehead atoms. The molecule has 0 amide bonds. The summed E-state index contributed by atoms with van der Waals surface area (Å²) in [5.74, 6) is -0.0517. The van der Waals surface area contributed by atoms with E-state index in [0.29, 0.717) is 19.1 Å². The molecule has 0 aromatic heterocycles. The third kappa shape index (κ3) is 7.82. The molecule has 0 radical (unpaired) electrons. The molecule has 0 saturated heterocycles. The van der Waals surface area contributed by atoms with E-state index >= 15 is 0 Å². The number of nitrogens with two attached hydrogens (primary N) is 1. The number of unbranched alkanes of at least 4 members (excludes halogenated alkanes) is 2. The Morgan fingerprint density at radius 2 is 1.81 bits per heavy atom. The third-order valence-electron chi connectivity index (χ3n) is 4.40. The van der Waals surface area contributed by atoms with Crippen molar-refractivity contribution in [1.29, 1.82) is 0 Å². The van der Waals surface area contributed by atoms with Gasteiger partial charge in [0, 0.05) is 18.5 Å². The van der Waals surface area contributed by atoms with E-state index in [4.69, 9.17) is 10.5 Å². The van der Waals surface area contributed by atoms with Crippen LogP contribution in [-0.4, -0.2) is 42.6 Å². The van der Waals surface area contributed by atoms with Gasteiger partial charge in [0.05, 0.1) is 6.61 Å². The highest BCUT2D eigenvalue weighted by atomic mass is 16.5. The van der Waals surface area contributed by atoms with Gasteiger partial charge in [-0.2, -0.15) is 0 Å². The number of ether oxygens (including phenoxy) is 1. The second-order valence-corrected chi connectivity index (χ2v) is 6.22. The van der Waals surface area contributed by atoms with E-state index in [2.05, 4.69) is 11.8 Å². The molecule has 0 aromatic carbocycles. The van der Waals surface area contributed by atoms with Gasteiger partial charge in [0.1, 0.15) is 0 Å². The van der Waals surface area contributed by atoms with Crippen molar-refractivity contribution in [2.45, 2.75) is 83.7 Å². The number of esters is 1. The molecule has 1 aliphatic rings. The topological polar surface area (TPSA) is 55.6 Å². The predicted molar refractivity (Wildman–Crippen MR) is 87.2 cm³/mol. The van der Waals surface area contributed by atoms with Crippen LogP contribution in [0, 0.1) is 0 Å². The molecular formula is C17H34N2O2. The Hall–Kier alpha value is -0.610. The smallest absolute Gasteiger partial charge is 0.305 e. The van der Waals surface area contributed by atoms with Crippen LogP contribution in [0.15, 0.2) is 0 Å². The van der Waals surface area contributed by atoms with Crippen molar-refractivity contribution in [1.82, 2.24) is 4.90 Å². The highest BCUT2D eigenvalue weighted by Gasteiger charge is 2.23. The maximum atomic E-state index is 11.3. The second kappa shape index (κ2) is 11.0. The molecule has 1 aliphatic carbocycles. The summed E-state index contributed by atoms with van der Waals surface area (Å²) in [4.78, 5) is 13.9. The average molecular weight is 298 g/mol. The van der Waals surface area contributed by atoms with E-state index in [-0.39, 0.29) is 5.97 Å². The maximum Gasteiger partial charge on any atom is 0.305 e. The van der Waals surface area contributed by atoms with Crippen molar-refractivity contribution in [2.75, 3.05) is 19.7 Å². The molecule has 4 nitrogen and oxygen atoms in total. The normalized spacial score (nSPS) is 22.5. The van der Waals surface area contributed by atoms with E-state index in [1.807, 2.05) is 6.92 Å². The summed E-state index contributed by atoms with van der Waals surface area (Å²) < 4.78 is 4.95. The summed E-state index contributed by atoms with van der Waals surface area (Å²) >= 11 is 0. The molecule has 0 aromatic rings. The number of nitrogens with zero attached hydrogens (tertiary/aromatic N) is 1. The van der Waals surface area contributed by atoms with Gasteiger partial charge in [-0.3, -0.25) is 4.79 Å². The van der Waals surface area contributed by atoms with Gasteiger partial charge in [0.2, 0.25) is 0 Å². The molecule has 0 heterocycles. The van der Waals surface area contributed by atoms with Crippen LogP contribution in [0.2, 0.25) is 0 Å². The van der Waals surface area contributed by atoms with Gasteiger partial charge in [-0.1, -0.05) is 13.3 Å². The standard InChI is InChI=1S/C17H34N2O2/c1-3-13-19(16-11-9-15(18)10-12-16)14-7-5-6-8-17(20)21-4-2/h15-16H,3-14,18H2,1-2H3. The van der Waals surface area contributed by atoms with Crippen molar-refractivity contribution in [3.8, 4) is 0 Å². The summed E-state index contributed by atoms with van der Waals surface area (Å²) in [5, 5.41) is 0. The Bertz CT molecular complexity index is 276. The molecule has 0 aliphatic heterocycles. The molecule has 0 atom stereocenters. The Labute approximate surface area is 130 Å². The lowest BCUT2D eigenvalue weighted by Crippen LogP contribution is -2.41.